The van der Waals surface area contributed by atoms with Gasteiger partial charge in [0.05, 0.1) is 21.4 Å². The molecule has 2 aromatic rings. The van der Waals surface area contributed by atoms with Gasteiger partial charge in [0.25, 0.3) is 5.91 Å². The third kappa shape index (κ3) is 4.92. The molecule has 1 N–H and O–H groups in total. The number of halogens is 3. The normalized spacial score (nSPS) is 12.5. The van der Waals surface area contributed by atoms with E-state index >= 15 is 0 Å². The van der Waals surface area contributed by atoms with E-state index in [2.05, 4.69) is 5.32 Å². The Morgan fingerprint density at radius 1 is 1.32 bits per heavy atom. The molecule has 2 rings (SSSR count). The summed E-state index contributed by atoms with van der Waals surface area (Å²) in [5.41, 5.74) is -0.901. The summed E-state index contributed by atoms with van der Waals surface area (Å²) in [6.07, 6.45) is -4.54. The number of nitrogens with one attached hydrogen (secondary N) is 1. The van der Waals surface area contributed by atoms with Crippen LogP contribution in [0.3, 0.4) is 0 Å². The first-order valence-corrected chi connectivity index (χ1v) is 7.84. The molecular weight excluding hydrogens is 361 g/mol. The summed E-state index contributed by atoms with van der Waals surface area (Å²) in [4.78, 5) is 22.1. The van der Waals surface area contributed by atoms with Crippen LogP contribution < -0.4 is 10.1 Å². The molecule has 25 heavy (non-hydrogen) atoms. The van der Waals surface area contributed by atoms with Gasteiger partial charge in [0.15, 0.2) is 0 Å². The first-order valence-electron chi connectivity index (χ1n) is 7.02. The Balaban J connectivity index is 1.96. The monoisotopic (exact) mass is 374 g/mol. The lowest BCUT2D eigenvalue weighted by Crippen LogP contribution is -2.36. The number of hydrogen-bond acceptors (Lipinski definition) is 5. The topological polar surface area (TPSA) is 81.5 Å². The maximum atomic E-state index is 12.9. The molecular formula is C15H13F3N2O4S. The number of hydrogen-bond donors (Lipinski definition) is 1. The molecule has 0 saturated heterocycles. The van der Waals surface area contributed by atoms with Gasteiger partial charge in [-0.2, -0.15) is 13.2 Å². The second-order valence-corrected chi connectivity index (χ2v) is 6.14. The van der Waals surface area contributed by atoms with Crippen molar-refractivity contribution < 1.29 is 27.6 Å². The molecule has 0 aliphatic rings. The summed E-state index contributed by atoms with van der Waals surface area (Å²) in [6.45, 7) is 1.36. The van der Waals surface area contributed by atoms with Crippen LogP contribution in [-0.4, -0.2) is 23.5 Å². The Morgan fingerprint density at radius 3 is 2.60 bits per heavy atom. The van der Waals surface area contributed by atoms with Gasteiger partial charge < -0.3 is 10.1 Å². The summed E-state index contributed by atoms with van der Waals surface area (Å²) in [5.74, 6) is -0.888. The molecule has 0 fully saturated rings. The number of thiophene rings is 1. The molecule has 1 atom stereocenters. The fraction of sp³-hybridized carbons (Fsp3) is 0.267. The molecule has 0 radical (unpaired) electrons. The van der Waals surface area contributed by atoms with Crippen LogP contribution in [0.25, 0.3) is 0 Å². The summed E-state index contributed by atoms with van der Waals surface area (Å²) < 4.78 is 43.8. The minimum Gasteiger partial charge on any atom is -0.491 e. The highest BCUT2D eigenvalue weighted by atomic mass is 32.1. The Bertz CT molecular complexity index is 776. The van der Waals surface area contributed by atoms with E-state index in [0.29, 0.717) is 11.3 Å². The van der Waals surface area contributed by atoms with Crippen LogP contribution in [0.5, 0.6) is 5.75 Å². The van der Waals surface area contributed by atoms with Gasteiger partial charge >= 0.3 is 11.2 Å². The number of carbonyl (C=O) groups is 1. The molecule has 10 heteroatoms. The van der Waals surface area contributed by atoms with Gasteiger partial charge in [-0.3, -0.25) is 14.9 Å². The number of nitrogens with zero attached hydrogens (tertiary/aromatic N) is 1. The quantitative estimate of drug-likeness (QED) is 0.615. The highest BCUT2D eigenvalue weighted by molar-refractivity contribution is 7.17. The Morgan fingerprint density at radius 2 is 2.00 bits per heavy atom. The van der Waals surface area contributed by atoms with E-state index in [0.717, 1.165) is 6.07 Å². The largest absolute Gasteiger partial charge is 0.491 e. The fourth-order valence-electron chi connectivity index (χ4n) is 1.93. The van der Waals surface area contributed by atoms with Gasteiger partial charge in [-0.15, -0.1) is 0 Å². The number of nitro groups is 1. The lowest BCUT2D eigenvalue weighted by Gasteiger charge is -2.17. The van der Waals surface area contributed by atoms with Crippen molar-refractivity contribution in [2.24, 2.45) is 0 Å². The predicted molar refractivity (Wildman–Crippen MR) is 84.8 cm³/mol. The lowest BCUT2D eigenvalue weighted by molar-refractivity contribution is -0.380. The Labute approximate surface area is 144 Å². The van der Waals surface area contributed by atoms with E-state index in [1.807, 2.05) is 0 Å². The van der Waals surface area contributed by atoms with Gasteiger partial charge in [0.2, 0.25) is 0 Å². The third-order valence-electron chi connectivity index (χ3n) is 3.05. The number of para-hydroxylation sites is 1. The summed E-state index contributed by atoms with van der Waals surface area (Å²) in [6, 6.07) is 6.69. The number of amides is 1. The van der Waals surface area contributed by atoms with Crippen LogP contribution in [0.2, 0.25) is 0 Å². The maximum absolute atomic E-state index is 12.9. The van der Waals surface area contributed by atoms with Crippen molar-refractivity contribution in [1.82, 2.24) is 5.32 Å². The standard InChI is InChI=1S/C15H13F3N2O4S/c1-9(19-14(21)12-6-7-13(25-12)20(22)23)8-24-11-5-3-2-4-10(11)15(16,17)18/h2-7,9H,8H2,1H3,(H,19,21). The number of benzene rings is 1. The molecule has 0 spiro atoms. The second kappa shape index (κ2) is 7.51. The van der Waals surface area contributed by atoms with E-state index in [1.165, 1.54) is 30.3 Å². The van der Waals surface area contributed by atoms with Crippen LogP contribution in [0.4, 0.5) is 18.2 Å². The Kier molecular flexibility index (Phi) is 5.62. The van der Waals surface area contributed by atoms with E-state index in [-0.39, 0.29) is 22.2 Å². The summed E-state index contributed by atoms with van der Waals surface area (Å²) in [5, 5.41) is 13.0. The average Bonchev–Trinajstić information content (AvgIpc) is 3.02. The molecule has 0 aliphatic carbocycles. The summed E-state index contributed by atoms with van der Waals surface area (Å²) >= 11 is 0.711. The zero-order valence-electron chi connectivity index (χ0n) is 12.9. The first-order chi connectivity index (χ1) is 11.7. The van der Waals surface area contributed by atoms with Crippen LogP contribution in [0.1, 0.15) is 22.2 Å². The van der Waals surface area contributed by atoms with Crippen molar-refractivity contribution in [2.45, 2.75) is 19.1 Å². The van der Waals surface area contributed by atoms with Crippen molar-refractivity contribution in [3.8, 4) is 5.75 Å². The van der Waals surface area contributed by atoms with Crippen LogP contribution in [0, 0.1) is 10.1 Å². The molecule has 1 heterocycles. The van der Waals surface area contributed by atoms with Crippen molar-refractivity contribution in [3.05, 3.63) is 57.0 Å². The molecule has 1 aromatic carbocycles. The SMILES string of the molecule is CC(COc1ccccc1C(F)(F)F)NC(=O)c1ccc([N+](=O)[O-])s1. The smallest absolute Gasteiger partial charge is 0.419 e. The Hall–Kier alpha value is -2.62. The van der Waals surface area contributed by atoms with E-state index in [1.54, 1.807) is 6.92 Å². The third-order valence-corrected chi connectivity index (χ3v) is 4.09. The van der Waals surface area contributed by atoms with Crippen LogP contribution >= 0.6 is 11.3 Å². The second-order valence-electron chi connectivity index (χ2n) is 5.07. The number of rotatable bonds is 6. The zero-order chi connectivity index (χ0) is 18.6. The lowest BCUT2D eigenvalue weighted by atomic mass is 10.2. The number of carbonyl (C=O) groups excluding carboxylic acids is 1. The van der Waals surface area contributed by atoms with Gasteiger partial charge in [-0.1, -0.05) is 23.5 Å². The molecule has 1 unspecified atom stereocenters. The molecule has 1 amide bonds. The van der Waals surface area contributed by atoms with Crippen molar-refractivity contribution in [3.63, 3.8) is 0 Å². The molecule has 134 valence electrons. The maximum Gasteiger partial charge on any atom is 0.419 e. The number of alkyl halides is 3. The summed E-state index contributed by atoms with van der Waals surface area (Å²) in [7, 11) is 0. The first kappa shape index (κ1) is 18.7. The minimum absolute atomic E-state index is 0.134. The molecule has 0 bridgehead atoms. The predicted octanol–water partition coefficient (Wildman–Crippen LogP) is 3.87. The molecule has 0 saturated carbocycles. The van der Waals surface area contributed by atoms with E-state index in [4.69, 9.17) is 4.74 Å². The molecule has 1 aromatic heterocycles. The van der Waals surface area contributed by atoms with E-state index < -0.39 is 28.6 Å². The van der Waals surface area contributed by atoms with Gasteiger partial charge in [0.1, 0.15) is 12.4 Å². The zero-order valence-corrected chi connectivity index (χ0v) is 13.7. The highest BCUT2D eigenvalue weighted by Crippen LogP contribution is 2.35. The van der Waals surface area contributed by atoms with E-state index in [9.17, 15) is 28.1 Å². The van der Waals surface area contributed by atoms with Gasteiger partial charge in [-0.25, -0.2) is 0 Å². The molecule has 6 nitrogen and oxygen atoms in total. The highest BCUT2D eigenvalue weighted by Gasteiger charge is 2.34. The fourth-order valence-corrected chi connectivity index (χ4v) is 2.65. The van der Waals surface area contributed by atoms with Crippen molar-refractivity contribution in [1.29, 1.82) is 0 Å². The van der Waals surface area contributed by atoms with Crippen LogP contribution in [-0.2, 0) is 6.18 Å². The van der Waals surface area contributed by atoms with Crippen LogP contribution in [0.15, 0.2) is 36.4 Å². The molecule has 0 aliphatic heterocycles. The van der Waals surface area contributed by atoms with Gasteiger partial charge in [0, 0.05) is 6.07 Å². The van der Waals surface area contributed by atoms with Gasteiger partial charge in [-0.05, 0) is 25.1 Å². The van der Waals surface area contributed by atoms with Crippen molar-refractivity contribution >= 4 is 22.2 Å². The van der Waals surface area contributed by atoms with Crippen molar-refractivity contribution in [2.75, 3.05) is 6.61 Å². The average molecular weight is 374 g/mol. The number of ether oxygens (including phenoxy) is 1. The minimum atomic E-state index is -4.54.